The predicted molar refractivity (Wildman–Crippen MR) is 149 cm³/mol. The molecule has 37 heavy (non-hydrogen) atoms. The van der Waals surface area contributed by atoms with Crippen LogP contribution in [-0.4, -0.2) is 37.4 Å². The summed E-state index contributed by atoms with van der Waals surface area (Å²) in [7, 11) is 2.60. The van der Waals surface area contributed by atoms with E-state index in [1.54, 1.807) is 30.2 Å². The maximum atomic E-state index is 13.2. The van der Waals surface area contributed by atoms with Crippen molar-refractivity contribution < 1.29 is 14.2 Å². The number of oxime groups is 1. The molecule has 0 saturated heterocycles. The smallest absolute Gasteiger partial charge is 0.440 e. The quantitative estimate of drug-likeness (QED) is 0.299. The number of rotatable bonds is 5. The molecule has 1 atom stereocenters. The van der Waals surface area contributed by atoms with Crippen molar-refractivity contribution in [3.63, 3.8) is 0 Å². The van der Waals surface area contributed by atoms with Crippen molar-refractivity contribution in [1.29, 1.82) is 0 Å². The molecule has 0 aliphatic carbocycles. The van der Waals surface area contributed by atoms with Crippen LogP contribution in [0.2, 0.25) is 5.15 Å². The summed E-state index contributed by atoms with van der Waals surface area (Å²) < 4.78 is 11.2. The molecule has 1 aliphatic rings. The van der Waals surface area contributed by atoms with E-state index in [0.717, 1.165) is 27.9 Å². The lowest BCUT2D eigenvalue weighted by molar-refractivity contribution is 0.286. The Labute approximate surface area is 219 Å². The third kappa shape index (κ3) is 4.56. The highest BCUT2D eigenvalue weighted by molar-refractivity contribution is 6.62. The van der Waals surface area contributed by atoms with E-state index in [1.165, 1.54) is 0 Å². The zero-order valence-electron chi connectivity index (χ0n) is 21.2. The minimum Gasteiger partial charge on any atom is -0.440 e. The topological polar surface area (TPSA) is 100 Å². The van der Waals surface area contributed by atoms with Crippen molar-refractivity contribution >= 4 is 52.9 Å². The first-order valence-corrected chi connectivity index (χ1v) is 12.2. The van der Waals surface area contributed by atoms with Crippen LogP contribution < -0.4 is 21.1 Å². The molecule has 10 heteroatoms. The molecule has 188 valence electrons. The first-order chi connectivity index (χ1) is 17.6. The molecule has 0 fully saturated rings. The fourth-order valence-corrected chi connectivity index (χ4v) is 4.80. The molecule has 4 aromatic rings. The van der Waals surface area contributed by atoms with Crippen LogP contribution in [0, 0.1) is 13.8 Å². The molecule has 2 aromatic carbocycles. The summed E-state index contributed by atoms with van der Waals surface area (Å²) in [5, 5.41) is 18.2. The number of fused-ring (bicyclic) bond motifs is 2. The van der Waals surface area contributed by atoms with Gasteiger partial charge in [0.05, 0.1) is 34.6 Å². The second kappa shape index (κ2) is 9.57. The number of halogens is 1. The van der Waals surface area contributed by atoms with Gasteiger partial charge in [0.1, 0.15) is 10.7 Å². The monoisotopic (exact) mass is 516 g/mol. The van der Waals surface area contributed by atoms with Crippen LogP contribution in [0.15, 0.2) is 56.8 Å². The second-order valence-electron chi connectivity index (χ2n) is 9.42. The van der Waals surface area contributed by atoms with Crippen LogP contribution in [0.1, 0.15) is 35.2 Å². The summed E-state index contributed by atoms with van der Waals surface area (Å²) in [6, 6.07) is 12.8. The third-order valence-electron chi connectivity index (χ3n) is 6.45. The highest BCUT2D eigenvalue weighted by Crippen LogP contribution is 2.34. The van der Waals surface area contributed by atoms with E-state index >= 15 is 0 Å². The molecule has 8 nitrogen and oxygen atoms in total. The highest BCUT2D eigenvalue weighted by Gasteiger charge is 2.26. The van der Waals surface area contributed by atoms with Crippen molar-refractivity contribution in [3.05, 3.63) is 80.1 Å². The predicted octanol–water partition coefficient (Wildman–Crippen LogP) is 4.42. The van der Waals surface area contributed by atoms with Gasteiger partial charge in [0.15, 0.2) is 5.43 Å². The van der Waals surface area contributed by atoms with Crippen molar-refractivity contribution in [1.82, 2.24) is 4.98 Å². The number of aromatic nitrogens is 1. The Morgan fingerprint density at radius 3 is 2.68 bits per heavy atom. The van der Waals surface area contributed by atoms with Gasteiger partial charge in [-0.15, -0.1) is 5.16 Å². The second-order valence-corrected chi connectivity index (χ2v) is 9.81. The Balaban J connectivity index is 1.60. The number of hydrogen-bond acceptors (Lipinski definition) is 8. The Hall–Kier alpha value is -3.82. The Kier molecular flexibility index (Phi) is 6.43. The summed E-state index contributed by atoms with van der Waals surface area (Å²) in [6.07, 6.45) is 1.55. The molecule has 0 radical (unpaired) electrons. The SMILES string of the molecule is Cc1cc(C(C)Nc2ccc(Cl)nc2-c2ccc3c(c2)C=NOB3O)c2oc(N(C)C)c(C)c(=O)c2c1. The van der Waals surface area contributed by atoms with Gasteiger partial charge in [-0.2, -0.15) is 0 Å². The first-order valence-electron chi connectivity index (χ1n) is 11.8. The van der Waals surface area contributed by atoms with E-state index in [0.29, 0.717) is 38.7 Å². The normalized spacial score (nSPS) is 13.3. The van der Waals surface area contributed by atoms with Gasteiger partial charge in [-0.1, -0.05) is 29.8 Å². The van der Waals surface area contributed by atoms with E-state index in [4.69, 9.17) is 20.8 Å². The first kappa shape index (κ1) is 24.9. The number of benzene rings is 2. The molecule has 1 unspecified atom stereocenters. The Morgan fingerprint density at radius 1 is 1.14 bits per heavy atom. The number of pyridine rings is 1. The van der Waals surface area contributed by atoms with Crippen molar-refractivity contribution in [2.24, 2.45) is 5.16 Å². The summed E-state index contributed by atoms with van der Waals surface area (Å²) in [4.78, 5) is 19.6. The van der Waals surface area contributed by atoms with E-state index in [9.17, 15) is 9.82 Å². The highest BCUT2D eigenvalue weighted by atomic mass is 35.5. The summed E-state index contributed by atoms with van der Waals surface area (Å²) >= 11 is 6.29. The number of nitrogens with zero attached hydrogens (tertiary/aromatic N) is 3. The van der Waals surface area contributed by atoms with Gasteiger partial charge in [0.25, 0.3) is 0 Å². The lowest BCUT2D eigenvalue weighted by Crippen LogP contribution is -2.37. The standard InChI is InChI=1S/C27H26BClN4O4/c1-14-10-19(26-20(11-14)25(34)15(2)27(36-26)33(4)5)16(3)31-22-8-9-23(29)32-24(22)17-6-7-21-18(12-17)13-30-37-28(21)35/h6-13,16,31,35H,1-5H3. The van der Waals surface area contributed by atoms with Crippen LogP contribution in [0.5, 0.6) is 0 Å². The van der Waals surface area contributed by atoms with E-state index in [2.05, 4.69) is 15.5 Å². The number of anilines is 2. The van der Waals surface area contributed by atoms with Gasteiger partial charge in [0, 0.05) is 30.7 Å². The lowest BCUT2D eigenvalue weighted by atomic mass is 9.75. The largest absolute Gasteiger partial charge is 0.583 e. The molecule has 0 saturated carbocycles. The van der Waals surface area contributed by atoms with E-state index < -0.39 is 7.12 Å². The average molecular weight is 517 g/mol. The van der Waals surface area contributed by atoms with Gasteiger partial charge in [-0.3, -0.25) is 4.79 Å². The van der Waals surface area contributed by atoms with Crippen molar-refractivity contribution in [3.8, 4) is 11.3 Å². The molecule has 0 amide bonds. The molecular weight excluding hydrogens is 491 g/mol. The fraction of sp³-hybridized carbons (Fsp3) is 0.222. The average Bonchev–Trinajstić information content (AvgIpc) is 2.86. The van der Waals surface area contributed by atoms with Gasteiger partial charge in [-0.25, -0.2) is 4.98 Å². The number of hydrogen-bond donors (Lipinski definition) is 2. The Bertz CT molecular complexity index is 1620. The summed E-state index contributed by atoms with van der Waals surface area (Å²) in [5.41, 5.74) is 6.43. The van der Waals surface area contributed by atoms with Crippen molar-refractivity contribution in [2.75, 3.05) is 24.3 Å². The number of nitrogens with one attached hydrogen (secondary N) is 1. The Morgan fingerprint density at radius 2 is 1.92 bits per heavy atom. The molecule has 5 rings (SSSR count). The maximum Gasteiger partial charge on any atom is 0.583 e. The summed E-state index contributed by atoms with van der Waals surface area (Å²) in [6.45, 7) is 5.76. The van der Waals surface area contributed by atoms with Gasteiger partial charge >= 0.3 is 7.12 Å². The van der Waals surface area contributed by atoms with Gasteiger partial charge in [0.2, 0.25) is 5.88 Å². The molecule has 0 bridgehead atoms. The maximum absolute atomic E-state index is 13.2. The van der Waals surface area contributed by atoms with Crippen molar-refractivity contribution in [2.45, 2.75) is 26.8 Å². The lowest BCUT2D eigenvalue weighted by Gasteiger charge is -2.22. The summed E-state index contributed by atoms with van der Waals surface area (Å²) in [5.74, 6) is 0.533. The van der Waals surface area contributed by atoms with E-state index in [1.807, 2.05) is 58.3 Å². The fourth-order valence-electron chi connectivity index (χ4n) is 4.65. The molecule has 3 heterocycles. The van der Waals surface area contributed by atoms with Crippen LogP contribution in [-0.2, 0) is 4.76 Å². The van der Waals surface area contributed by atoms with E-state index in [-0.39, 0.29) is 11.5 Å². The van der Waals surface area contributed by atoms with Gasteiger partial charge in [-0.05, 0) is 56.2 Å². The van der Waals surface area contributed by atoms with Crippen LogP contribution in [0.3, 0.4) is 0 Å². The minimum absolute atomic E-state index is 0.0437. The third-order valence-corrected chi connectivity index (χ3v) is 6.66. The van der Waals surface area contributed by atoms with Gasteiger partial charge < -0.3 is 24.4 Å². The zero-order chi connectivity index (χ0) is 26.4. The van der Waals surface area contributed by atoms with Crippen LogP contribution in [0.25, 0.3) is 22.2 Å². The molecule has 1 aliphatic heterocycles. The molecule has 2 N–H and O–H groups in total. The molecular formula is C27H26BClN4O4. The number of aryl methyl sites for hydroxylation is 1. The zero-order valence-corrected chi connectivity index (χ0v) is 21.9. The van der Waals surface area contributed by atoms with Crippen LogP contribution >= 0.6 is 11.6 Å². The molecule has 2 aromatic heterocycles. The molecule has 0 spiro atoms. The minimum atomic E-state index is -1.11. The van der Waals surface area contributed by atoms with Crippen LogP contribution in [0.4, 0.5) is 11.6 Å².